The highest BCUT2D eigenvalue weighted by Gasteiger charge is 2.25. The second-order valence-corrected chi connectivity index (χ2v) is 8.16. The number of anilines is 1. The molecule has 0 spiro atoms. The van der Waals surface area contributed by atoms with E-state index in [2.05, 4.69) is 44.5 Å². The first kappa shape index (κ1) is 18.7. The highest BCUT2D eigenvalue weighted by atomic mass is 32.1. The maximum Gasteiger partial charge on any atom is 0.254 e. The fourth-order valence-corrected chi connectivity index (χ4v) is 4.87. The summed E-state index contributed by atoms with van der Waals surface area (Å²) in [6.07, 6.45) is 3.32. The minimum atomic E-state index is 0.0570. The van der Waals surface area contributed by atoms with Crippen molar-refractivity contribution in [3.63, 3.8) is 0 Å². The van der Waals surface area contributed by atoms with E-state index in [0.29, 0.717) is 18.7 Å². The van der Waals surface area contributed by atoms with Crippen molar-refractivity contribution in [2.75, 3.05) is 31.1 Å². The summed E-state index contributed by atoms with van der Waals surface area (Å²) in [5.41, 5.74) is 3.02. The van der Waals surface area contributed by atoms with E-state index in [9.17, 15) is 4.79 Å². The number of fused-ring (bicyclic) bond motifs is 1. The normalized spacial score (nSPS) is 14.3. The van der Waals surface area contributed by atoms with Crippen LogP contribution < -0.4 is 4.90 Å². The Bertz CT molecular complexity index is 1180. The van der Waals surface area contributed by atoms with Gasteiger partial charge in [-0.15, -0.1) is 11.3 Å². The first-order valence-corrected chi connectivity index (χ1v) is 10.8. The molecule has 0 bridgehead atoms. The summed E-state index contributed by atoms with van der Waals surface area (Å²) < 4.78 is 0. The van der Waals surface area contributed by atoms with Gasteiger partial charge in [-0.05, 0) is 24.6 Å². The number of aryl methyl sites for hydroxylation is 1. The Morgan fingerprint density at radius 1 is 0.967 bits per heavy atom. The Morgan fingerprint density at radius 3 is 2.43 bits per heavy atom. The lowest BCUT2D eigenvalue weighted by molar-refractivity contribution is 0.0746. The number of thiophene rings is 1. The van der Waals surface area contributed by atoms with Crippen molar-refractivity contribution in [1.82, 2.24) is 19.9 Å². The van der Waals surface area contributed by atoms with Crippen molar-refractivity contribution in [1.29, 1.82) is 0 Å². The summed E-state index contributed by atoms with van der Waals surface area (Å²) in [4.78, 5) is 31.4. The molecule has 1 aromatic carbocycles. The first-order chi connectivity index (χ1) is 14.7. The molecule has 1 amide bonds. The van der Waals surface area contributed by atoms with Crippen molar-refractivity contribution in [3.05, 3.63) is 71.6 Å². The Morgan fingerprint density at radius 2 is 1.70 bits per heavy atom. The van der Waals surface area contributed by atoms with Gasteiger partial charge in [-0.1, -0.05) is 30.3 Å². The number of nitrogens with zero attached hydrogens (tertiary/aromatic N) is 5. The SMILES string of the molecule is Cc1nc(N2CCN(C(=O)c3ccncc3)CC2)c2c(-c3ccccc3)csc2n1. The van der Waals surface area contributed by atoms with E-state index in [1.54, 1.807) is 35.9 Å². The largest absolute Gasteiger partial charge is 0.352 e. The van der Waals surface area contributed by atoms with Crippen molar-refractivity contribution in [2.24, 2.45) is 0 Å². The van der Waals surface area contributed by atoms with Crippen LogP contribution in [0.25, 0.3) is 21.3 Å². The van der Waals surface area contributed by atoms with E-state index >= 15 is 0 Å². The predicted octanol–water partition coefficient (Wildman–Crippen LogP) is 4.02. The van der Waals surface area contributed by atoms with Gasteiger partial charge in [0, 0.05) is 55.1 Å². The quantitative estimate of drug-likeness (QED) is 0.506. The van der Waals surface area contributed by atoms with Crippen LogP contribution in [0.15, 0.2) is 60.2 Å². The number of hydrogen-bond donors (Lipinski definition) is 0. The van der Waals surface area contributed by atoms with E-state index in [-0.39, 0.29) is 5.91 Å². The van der Waals surface area contributed by atoms with Gasteiger partial charge in [-0.25, -0.2) is 9.97 Å². The minimum Gasteiger partial charge on any atom is -0.352 e. The molecule has 0 unspecified atom stereocenters. The molecule has 6 nitrogen and oxygen atoms in total. The number of carbonyl (C=O) groups is 1. The third kappa shape index (κ3) is 3.41. The molecule has 1 aliphatic rings. The van der Waals surface area contributed by atoms with Crippen molar-refractivity contribution in [2.45, 2.75) is 6.92 Å². The second-order valence-electron chi connectivity index (χ2n) is 7.31. The average Bonchev–Trinajstić information content (AvgIpc) is 3.23. The number of piperazine rings is 1. The number of benzene rings is 1. The van der Waals surface area contributed by atoms with Gasteiger partial charge in [-0.2, -0.15) is 0 Å². The number of rotatable bonds is 3. The molecule has 7 heteroatoms. The van der Waals surface area contributed by atoms with Crippen molar-refractivity contribution >= 4 is 33.3 Å². The lowest BCUT2D eigenvalue weighted by Crippen LogP contribution is -2.49. The smallest absolute Gasteiger partial charge is 0.254 e. The minimum absolute atomic E-state index is 0.0570. The molecule has 1 aliphatic heterocycles. The molecule has 4 heterocycles. The highest BCUT2D eigenvalue weighted by molar-refractivity contribution is 7.17. The number of hydrogen-bond acceptors (Lipinski definition) is 6. The van der Waals surface area contributed by atoms with Gasteiger partial charge < -0.3 is 9.80 Å². The lowest BCUT2D eigenvalue weighted by atomic mass is 10.1. The van der Waals surface area contributed by atoms with Crippen LogP contribution in [-0.4, -0.2) is 51.9 Å². The third-order valence-electron chi connectivity index (χ3n) is 5.40. The van der Waals surface area contributed by atoms with Crippen LogP contribution >= 0.6 is 11.3 Å². The molecule has 150 valence electrons. The Hall–Kier alpha value is -3.32. The Kier molecular flexibility index (Phi) is 4.88. The van der Waals surface area contributed by atoms with Gasteiger partial charge in [0.25, 0.3) is 5.91 Å². The monoisotopic (exact) mass is 415 g/mol. The van der Waals surface area contributed by atoms with Gasteiger partial charge in [-0.3, -0.25) is 9.78 Å². The molecule has 0 atom stereocenters. The van der Waals surface area contributed by atoms with Crippen LogP contribution in [0, 0.1) is 6.92 Å². The van der Waals surface area contributed by atoms with Gasteiger partial charge in [0.2, 0.25) is 0 Å². The lowest BCUT2D eigenvalue weighted by Gasteiger charge is -2.36. The maximum atomic E-state index is 12.8. The van der Waals surface area contributed by atoms with E-state index in [4.69, 9.17) is 4.98 Å². The molecule has 0 aliphatic carbocycles. The fourth-order valence-electron chi connectivity index (χ4n) is 3.88. The van der Waals surface area contributed by atoms with E-state index in [0.717, 1.165) is 34.9 Å². The van der Waals surface area contributed by atoms with Crippen LogP contribution in [0.1, 0.15) is 16.2 Å². The topological polar surface area (TPSA) is 62.2 Å². The van der Waals surface area contributed by atoms with Crippen LogP contribution in [0.5, 0.6) is 0 Å². The molecule has 4 aromatic rings. The number of carbonyl (C=O) groups excluding carboxylic acids is 1. The Balaban J connectivity index is 1.44. The molecule has 1 saturated heterocycles. The molecule has 5 rings (SSSR count). The van der Waals surface area contributed by atoms with E-state index < -0.39 is 0 Å². The molecular weight excluding hydrogens is 394 g/mol. The summed E-state index contributed by atoms with van der Waals surface area (Å²) in [7, 11) is 0. The van der Waals surface area contributed by atoms with Crippen LogP contribution in [0.3, 0.4) is 0 Å². The number of aromatic nitrogens is 3. The van der Waals surface area contributed by atoms with Crippen molar-refractivity contribution < 1.29 is 4.79 Å². The summed E-state index contributed by atoms with van der Waals surface area (Å²) in [5.74, 6) is 1.80. The molecule has 30 heavy (non-hydrogen) atoms. The van der Waals surface area contributed by atoms with Gasteiger partial charge in [0.05, 0.1) is 5.39 Å². The summed E-state index contributed by atoms with van der Waals surface area (Å²) in [6, 6.07) is 13.9. The van der Waals surface area contributed by atoms with Crippen LogP contribution in [-0.2, 0) is 0 Å². The molecule has 0 N–H and O–H groups in total. The van der Waals surface area contributed by atoms with Gasteiger partial charge in [0.1, 0.15) is 16.5 Å². The molecule has 0 saturated carbocycles. The number of amides is 1. The molecule has 3 aromatic heterocycles. The first-order valence-electron chi connectivity index (χ1n) is 9.96. The zero-order valence-corrected chi connectivity index (χ0v) is 17.5. The van der Waals surface area contributed by atoms with Gasteiger partial charge in [0.15, 0.2) is 0 Å². The van der Waals surface area contributed by atoms with Crippen LogP contribution in [0.4, 0.5) is 5.82 Å². The fraction of sp³-hybridized carbons (Fsp3) is 0.217. The zero-order chi connectivity index (χ0) is 20.5. The standard InChI is InChI=1S/C23H21N5OS/c1-16-25-21(20-19(15-30-22(20)26-16)17-5-3-2-4-6-17)27-11-13-28(14-12-27)23(29)18-7-9-24-10-8-18/h2-10,15H,11-14H2,1H3. The van der Waals surface area contributed by atoms with Crippen LogP contribution in [0.2, 0.25) is 0 Å². The average molecular weight is 416 g/mol. The highest BCUT2D eigenvalue weighted by Crippen LogP contribution is 2.38. The molecular formula is C23H21N5OS. The summed E-state index contributed by atoms with van der Waals surface area (Å²) >= 11 is 1.66. The van der Waals surface area contributed by atoms with E-state index in [1.165, 1.54) is 11.1 Å². The molecule has 0 radical (unpaired) electrons. The maximum absolute atomic E-state index is 12.8. The van der Waals surface area contributed by atoms with E-state index in [1.807, 2.05) is 17.9 Å². The summed E-state index contributed by atoms with van der Waals surface area (Å²) in [5, 5.41) is 3.27. The summed E-state index contributed by atoms with van der Waals surface area (Å²) in [6.45, 7) is 4.75. The van der Waals surface area contributed by atoms with Crippen molar-refractivity contribution in [3.8, 4) is 11.1 Å². The third-order valence-corrected chi connectivity index (χ3v) is 6.28. The van der Waals surface area contributed by atoms with Gasteiger partial charge >= 0.3 is 0 Å². The Labute approximate surface area is 178 Å². The predicted molar refractivity (Wildman–Crippen MR) is 120 cm³/mol. The number of pyridine rings is 1. The second kappa shape index (κ2) is 7.84. The zero-order valence-electron chi connectivity index (χ0n) is 16.7. The molecule has 1 fully saturated rings.